The molecule has 0 spiro atoms. The molecule has 0 aromatic rings. The van der Waals surface area contributed by atoms with Crippen molar-refractivity contribution < 1.29 is 17.6 Å². The first-order valence-corrected chi connectivity index (χ1v) is 9.27. The third-order valence-corrected chi connectivity index (χ3v) is 6.01. The van der Waals surface area contributed by atoms with Gasteiger partial charge < -0.3 is 4.43 Å². The summed E-state index contributed by atoms with van der Waals surface area (Å²) in [6, 6.07) is 0.844. The lowest BCUT2D eigenvalue weighted by atomic mass is 9.81. The molecular formula is C13H21F3OSi. The van der Waals surface area contributed by atoms with Gasteiger partial charge in [0.25, 0.3) is 6.43 Å². The minimum absolute atomic E-state index is 0.208. The summed E-state index contributed by atoms with van der Waals surface area (Å²) < 4.78 is 44.0. The van der Waals surface area contributed by atoms with Crippen molar-refractivity contribution in [2.45, 2.75) is 50.2 Å². The standard InChI is InChI=1S/C13H21F3OSi/c1-5-13(6-2)10(9-11(14)12(15)16)7-8-18(3,4)17-13/h5-6,10-12H,1-2,7-9H2,3-4H3. The van der Waals surface area contributed by atoms with Crippen LogP contribution in [0.3, 0.4) is 0 Å². The van der Waals surface area contributed by atoms with Gasteiger partial charge in [-0.1, -0.05) is 25.3 Å². The first-order chi connectivity index (χ1) is 8.26. The van der Waals surface area contributed by atoms with Crippen molar-refractivity contribution in [3.8, 4) is 0 Å². The van der Waals surface area contributed by atoms with E-state index in [1.807, 2.05) is 0 Å². The zero-order chi connectivity index (χ0) is 14.0. The number of rotatable bonds is 5. The first kappa shape index (κ1) is 15.5. The van der Waals surface area contributed by atoms with Gasteiger partial charge in [0.1, 0.15) is 0 Å². The molecule has 0 aromatic heterocycles. The van der Waals surface area contributed by atoms with Crippen molar-refractivity contribution in [1.82, 2.24) is 0 Å². The minimum atomic E-state index is -2.94. The van der Waals surface area contributed by atoms with Crippen LogP contribution in [0.25, 0.3) is 0 Å². The topological polar surface area (TPSA) is 9.23 Å². The SMILES string of the molecule is C=CC1(C=C)O[Si](C)(C)CCC1CC(F)C(F)F. The lowest BCUT2D eigenvalue weighted by Crippen LogP contribution is -2.52. The Morgan fingerprint density at radius 2 is 1.89 bits per heavy atom. The Bertz CT molecular complexity index is 309. The molecule has 18 heavy (non-hydrogen) atoms. The van der Waals surface area contributed by atoms with Crippen molar-refractivity contribution in [1.29, 1.82) is 0 Å². The summed E-state index contributed by atoms with van der Waals surface area (Å²) in [5, 5.41) is 0. The van der Waals surface area contributed by atoms with Gasteiger partial charge in [0, 0.05) is 0 Å². The van der Waals surface area contributed by atoms with E-state index in [-0.39, 0.29) is 12.3 Å². The summed E-state index contributed by atoms with van der Waals surface area (Å²) in [4.78, 5) is 0. The molecule has 0 N–H and O–H groups in total. The summed E-state index contributed by atoms with van der Waals surface area (Å²) in [5.41, 5.74) is -0.854. The quantitative estimate of drug-likeness (QED) is 0.537. The first-order valence-electron chi connectivity index (χ1n) is 6.16. The molecule has 2 atom stereocenters. The number of alkyl halides is 3. The molecule has 1 fully saturated rings. The average Bonchev–Trinajstić information content (AvgIpc) is 2.30. The highest BCUT2D eigenvalue weighted by Gasteiger charge is 2.46. The Kier molecular flexibility index (Phi) is 4.83. The monoisotopic (exact) mass is 278 g/mol. The van der Waals surface area contributed by atoms with Crippen molar-refractivity contribution in [3.05, 3.63) is 25.3 Å². The van der Waals surface area contributed by atoms with Gasteiger partial charge in [0.2, 0.25) is 0 Å². The highest BCUT2D eigenvalue weighted by molar-refractivity contribution is 6.71. The molecule has 1 saturated heterocycles. The highest BCUT2D eigenvalue weighted by atomic mass is 28.4. The number of hydrogen-bond acceptors (Lipinski definition) is 1. The number of hydrogen-bond donors (Lipinski definition) is 0. The molecule has 0 bridgehead atoms. The molecule has 104 valence electrons. The van der Waals surface area contributed by atoms with Gasteiger partial charge >= 0.3 is 0 Å². The Morgan fingerprint density at radius 1 is 1.33 bits per heavy atom. The molecule has 1 heterocycles. The number of halogens is 3. The Morgan fingerprint density at radius 3 is 2.33 bits per heavy atom. The van der Waals surface area contributed by atoms with E-state index in [4.69, 9.17) is 4.43 Å². The average molecular weight is 278 g/mol. The van der Waals surface area contributed by atoms with Crippen molar-refractivity contribution >= 4 is 8.32 Å². The molecular weight excluding hydrogens is 257 g/mol. The van der Waals surface area contributed by atoms with Crippen LogP contribution in [0, 0.1) is 5.92 Å². The van der Waals surface area contributed by atoms with Gasteiger partial charge in [-0.15, -0.1) is 0 Å². The van der Waals surface area contributed by atoms with Gasteiger partial charge in [0.05, 0.1) is 5.60 Å². The van der Waals surface area contributed by atoms with Gasteiger partial charge in [-0.25, -0.2) is 13.2 Å². The molecule has 1 rings (SSSR count). The second-order valence-electron chi connectivity index (χ2n) is 5.45. The van der Waals surface area contributed by atoms with Crippen LogP contribution in [-0.2, 0) is 4.43 Å². The van der Waals surface area contributed by atoms with E-state index in [0.717, 1.165) is 6.04 Å². The van der Waals surface area contributed by atoms with Crippen LogP contribution >= 0.6 is 0 Å². The molecule has 1 aliphatic heterocycles. The predicted octanol–water partition coefficient (Wildman–Crippen LogP) is 4.33. The third-order valence-electron chi connectivity index (χ3n) is 3.61. The lowest BCUT2D eigenvalue weighted by molar-refractivity contribution is 0.000419. The Labute approximate surface area is 108 Å². The fourth-order valence-electron chi connectivity index (χ4n) is 2.54. The van der Waals surface area contributed by atoms with E-state index in [1.54, 1.807) is 12.2 Å². The van der Waals surface area contributed by atoms with Crippen LogP contribution in [0.4, 0.5) is 13.2 Å². The zero-order valence-electron chi connectivity index (χ0n) is 11.0. The fraction of sp³-hybridized carbons (Fsp3) is 0.692. The maximum Gasteiger partial charge on any atom is 0.269 e. The molecule has 5 heteroatoms. The van der Waals surface area contributed by atoms with Crippen LogP contribution < -0.4 is 0 Å². The van der Waals surface area contributed by atoms with E-state index in [9.17, 15) is 13.2 Å². The fourth-order valence-corrected chi connectivity index (χ4v) is 4.97. The predicted molar refractivity (Wildman–Crippen MR) is 70.1 cm³/mol. The molecule has 1 nitrogen and oxygen atoms in total. The maximum absolute atomic E-state index is 13.3. The summed E-state index contributed by atoms with van der Waals surface area (Å²) in [6.45, 7) is 11.5. The summed E-state index contributed by atoms with van der Waals surface area (Å²) in [6.07, 6.45) is -1.41. The smallest absolute Gasteiger partial charge is 0.269 e. The molecule has 2 unspecified atom stereocenters. The summed E-state index contributed by atoms with van der Waals surface area (Å²) in [7, 11) is -1.84. The van der Waals surface area contributed by atoms with E-state index < -0.39 is 26.5 Å². The van der Waals surface area contributed by atoms with Crippen LogP contribution in [-0.4, -0.2) is 26.5 Å². The Balaban J connectivity index is 2.89. The van der Waals surface area contributed by atoms with E-state index >= 15 is 0 Å². The lowest BCUT2D eigenvalue weighted by Gasteiger charge is -2.47. The molecule has 0 aliphatic carbocycles. The second kappa shape index (κ2) is 5.61. The van der Waals surface area contributed by atoms with Crippen molar-refractivity contribution in [3.63, 3.8) is 0 Å². The van der Waals surface area contributed by atoms with E-state index in [0.29, 0.717) is 6.42 Å². The molecule has 0 saturated carbocycles. The maximum atomic E-state index is 13.3. The van der Waals surface area contributed by atoms with Crippen LogP contribution in [0.1, 0.15) is 12.8 Å². The van der Waals surface area contributed by atoms with Crippen molar-refractivity contribution in [2.75, 3.05) is 0 Å². The van der Waals surface area contributed by atoms with Crippen LogP contribution in [0.15, 0.2) is 25.3 Å². The van der Waals surface area contributed by atoms with Gasteiger partial charge in [0.15, 0.2) is 14.5 Å². The summed E-state index contributed by atoms with van der Waals surface area (Å²) in [5.74, 6) is -0.308. The third kappa shape index (κ3) is 3.26. The van der Waals surface area contributed by atoms with Crippen molar-refractivity contribution in [2.24, 2.45) is 5.92 Å². The molecule has 0 amide bonds. The van der Waals surface area contributed by atoms with Crippen LogP contribution in [0.5, 0.6) is 0 Å². The molecule has 0 aromatic carbocycles. The molecule has 1 aliphatic rings. The zero-order valence-corrected chi connectivity index (χ0v) is 12.0. The largest absolute Gasteiger partial charge is 0.405 e. The van der Waals surface area contributed by atoms with Gasteiger partial charge in [-0.05, 0) is 37.9 Å². The minimum Gasteiger partial charge on any atom is -0.405 e. The van der Waals surface area contributed by atoms with Gasteiger partial charge in [-0.2, -0.15) is 0 Å². The van der Waals surface area contributed by atoms with E-state index in [1.165, 1.54) is 0 Å². The highest BCUT2D eigenvalue weighted by Crippen LogP contribution is 2.42. The summed E-state index contributed by atoms with van der Waals surface area (Å²) >= 11 is 0. The normalized spacial score (nSPS) is 27.8. The van der Waals surface area contributed by atoms with E-state index in [2.05, 4.69) is 26.3 Å². The Hall–Kier alpha value is -0.553. The second-order valence-corrected chi connectivity index (χ2v) is 9.67. The molecule has 0 radical (unpaired) electrons. The van der Waals surface area contributed by atoms with Gasteiger partial charge in [-0.3, -0.25) is 0 Å². The van der Waals surface area contributed by atoms with Crippen LogP contribution in [0.2, 0.25) is 19.1 Å².